The molecule has 19 heavy (non-hydrogen) atoms. The minimum atomic E-state index is -3.45. The van der Waals surface area contributed by atoms with Crippen LogP contribution in [-0.4, -0.2) is 22.2 Å². The van der Waals surface area contributed by atoms with Gasteiger partial charge in [-0.25, -0.2) is 13.1 Å². The van der Waals surface area contributed by atoms with Crippen molar-refractivity contribution in [1.82, 2.24) is 4.72 Å². The van der Waals surface area contributed by atoms with Crippen LogP contribution in [-0.2, 0) is 10.0 Å². The second kappa shape index (κ2) is 6.52. The van der Waals surface area contributed by atoms with E-state index in [1.165, 1.54) is 0 Å². The van der Waals surface area contributed by atoms with Crippen molar-refractivity contribution in [2.24, 2.45) is 0 Å². The summed E-state index contributed by atoms with van der Waals surface area (Å²) >= 11 is 3.32. The number of hydrogen-bond acceptors (Lipinski definition) is 2. The van der Waals surface area contributed by atoms with Crippen LogP contribution >= 0.6 is 15.9 Å². The zero-order valence-electron chi connectivity index (χ0n) is 12.8. The second-order valence-electron chi connectivity index (χ2n) is 5.86. The van der Waals surface area contributed by atoms with Crippen molar-refractivity contribution in [2.75, 3.05) is 5.75 Å². The summed E-state index contributed by atoms with van der Waals surface area (Å²) in [5, 5.41) is 0. The number of nitrogens with one attached hydrogen (secondary N) is 1. The predicted molar refractivity (Wildman–Crippen MR) is 87.6 cm³/mol. The van der Waals surface area contributed by atoms with E-state index in [1.807, 2.05) is 0 Å². The first-order chi connectivity index (χ1) is 8.91. The van der Waals surface area contributed by atoms with Gasteiger partial charge in [-0.15, -0.1) is 0 Å². The third kappa shape index (κ3) is 6.69. The SMILES string of the molecule is [2H][C@](C)(NS(=O)(=O)CC[Si](C)(C)C)c1ccc(Br)cc1. The fourth-order valence-electron chi connectivity index (χ4n) is 1.48. The molecule has 1 rings (SSSR count). The van der Waals surface area contributed by atoms with Gasteiger partial charge in [0.15, 0.2) is 0 Å². The first kappa shape index (κ1) is 15.2. The van der Waals surface area contributed by atoms with E-state index in [0.717, 1.165) is 4.47 Å². The Morgan fingerprint density at radius 2 is 1.84 bits per heavy atom. The Kier molecular flexibility index (Phi) is 5.22. The molecule has 0 bridgehead atoms. The summed E-state index contributed by atoms with van der Waals surface area (Å²) in [5.41, 5.74) is 0.622. The summed E-state index contributed by atoms with van der Waals surface area (Å²) in [5.74, 6) is 0.0910. The monoisotopic (exact) mass is 364 g/mol. The number of rotatable bonds is 6. The van der Waals surface area contributed by atoms with Gasteiger partial charge in [-0.3, -0.25) is 0 Å². The van der Waals surface area contributed by atoms with Crippen molar-refractivity contribution in [3.8, 4) is 0 Å². The van der Waals surface area contributed by atoms with E-state index in [2.05, 4.69) is 40.3 Å². The highest BCUT2D eigenvalue weighted by Gasteiger charge is 2.20. The molecule has 1 aromatic rings. The lowest BCUT2D eigenvalue weighted by Gasteiger charge is -2.18. The van der Waals surface area contributed by atoms with E-state index >= 15 is 0 Å². The molecular formula is C13H22BrNO2SSi. The van der Waals surface area contributed by atoms with Crippen LogP contribution in [0.5, 0.6) is 0 Å². The van der Waals surface area contributed by atoms with Gasteiger partial charge in [-0.05, 0) is 30.7 Å². The molecule has 108 valence electrons. The Hall–Kier alpha value is -0.173. The summed E-state index contributed by atoms with van der Waals surface area (Å²) in [7, 11) is -4.86. The lowest BCUT2D eigenvalue weighted by Crippen LogP contribution is -2.32. The van der Waals surface area contributed by atoms with E-state index in [0.29, 0.717) is 11.6 Å². The van der Waals surface area contributed by atoms with Crippen LogP contribution in [0.4, 0.5) is 0 Å². The summed E-state index contributed by atoms with van der Waals surface area (Å²) in [6.45, 7) is 7.97. The molecule has 0 amide bonds. The molecule has 0 aliphatic carbocycles. The average Bonchev–Trinajstić information content (AvgIpc) is 2.25. The standard InChI is InChI=1S/C13H22BrNO2SSi/c1-11(12-5-7-13(14)8-6-12)15-18(16,17)9-10-19(2,3)4/h5-8,11,15H,9-10H2,1-4H3/t11-/m1/s1/i11D. The van der Waals surface area contributed by atoms with Gasteiger partial charge in [0.1, 0.15) is 0 Å². The highest BCUT2D eigenvalue weighted by atomic mass is 79.9. The molecule has 0 aliphatic heterocycles. The van der Waals surface area contributed by atoms with Gasteiger partial charge in [0.2, 0.25) is 10.0 Å². The van der Waals surface area contributed by atoms with Gasteiger partial charge >= 0.3 is 0 Å². The third-order valence-electron chi connectivity index (χ3n) is 2.71. The summed E-state index contributed by atoms with van der Waals surface area (Å²) in [6, 6.07) is 6.45. The molecule has 0 saturated heterocycles. The van der Waals surface area contributed by atoms with Crippen molar-refractivity contribution >= 4 is 34.0 Å². The smallest absolute Gasteiger partial charge is 0.211 e. The van der Waals surface area contributed by atoms with Crippen LogP contribution < -0.4 is 4.72 Å². The molecule has 0 saturated carbocycles. The Bertz CT molecular complexity index is 553. The minimum Gasteiger partial charge on any atom is -0.212 e. The lowest BCUT2D eigenvalue weighted by atomic mass is 10.1. The summed E-state index contributed by atoms with van der Waals surface area (Å²) in [6.07, 6.45) is 0. The normalized spacial score (nSPS) is 16.8. The van der Waals surface area contributed by atoms with Crippen molar-refractivity contribution in [2.45, 2.75) is 38.6 Å². The average molecular weight is 365 g/mol. The fourth-order valence-corrected chi connectivity index (χ4v) is 5.96. The molecule has 0 radical (unpaired) electrons. The topological polar surface area (TPSA) is 46.2 Å². The van der Waals surface area contributed by atoms with E-state index < -0.39 is 24.1 Å². The molecule has 0 fully saturated rings. The van der Waals surface area contributed by atoms with Crippen molar-refractivity contribution in [1.29, 1.82) is 0 Å². The Morgan fingerprint density at radius 3 is 2.32 bits per heavy atom. The summed E-state index contributed by atoms with van der Waals surface area (Å²) in [4.78, 5) is 0. The maximum absolute atomic E-state index is 12.1. The van der Waals surface area contributed by atoms with Crippen molar-refractivity contribution in [3.05, 3.63) is 34.3 Å². The van der Waals surface area contributed by atoms with Gasteiger partial charge < -0.3 is 0 Å². The van der Waals surface area contributed by atoms with Crippen molar-refractivity contribution < 1.29 is 9.79 Å². The zero-order valence-corrected chi connectivity index (χ0v) is 15.2. The molecule has 0 spiro atoms. The van der Waals surface area contributed by atoms with Crippen molar-refractivity contribution in [3.63, 3.8) is 0 Å². The molecular weight excluding hydrogens is 342 g/mol. The Labute approximate surface area is 127 Å². The molecule has 0 heterocycles. The van der Waals surface area contributed by atoms with Gasteiger partial charge in [0.05, 0.1) is 7.12 Å². The quantitative estimate of drug-likeness (QED) is 0.780. The first-order valence-corrected chi connectivity index (χ1v) is 12.3. The molecule has 1 aromatic carbocycles. The van der Waals surface area contributed by atoms with Crippen LogP contribution in [0.15, 0.2) is 28.7 Å². The highest BCUT2D eigenvalue weighted by molar-refractivity contribution is 9.10. The number of sulfonamides is 1. The van der Waals surface area contributed by atoms with E-state index in [1.54, 1.807) is 31.2 Å². The minimum absolute atomic E-state index is 0.0910. The van der Waals surface area contributed by atoms with Gasteiger partial charge in [-0.1, -0.05) is 47.7 Å². The van der Waals surface area contributed by atoms with Gasteiger partial charge in [0, 0.05) is 18.6 Å². The zero-order chi connectivity index (χ0) is 15.6. The largest absolute Gasteiger partial charge is 0.212 e. The fraction of sp³-hybridized carbons (Fsp3) is 0.538. The van der Waals surface area contributed by atoms with Gasteiger partial charge in [0.25, 0.3) is 0 Å². The van der Waals surface area contributed by atoms with Crippen LogP contribution in [0, 0.1) is 0 Å². The molecule has 0 unspecified atom stereocenters. The van der Waals surface area contributed by atoms with Crippen LogP contribution in [0.2, 0.25) is 25.7 Å². The number of halogens is 1. The number of benzene rings is 1. The molecule has 3 nitrogen and oxygen atoms in total. The third-order valence-corrected chi connectivity index (χ3v) is 6.71. The van der Waals surface area contributed by atoms with Crippen LogP contribution in [0.25, 0.3) is 0 Å². The summed E-state index contributed by atoms with van der Waals surface area (Å²) < 4.78 is 35.9. The van der Waals surface area contributed by atoms with E-state index in [-0.39, 0.29) is 5.75 Å². The maximum atomic E-state index is 12.1. The Balaban J connectivity index is 2.82. The van der Waals surface area contributed by atoms with E-state index in [9.17, 15) is 8.42 Å². The molecule has 0 aliphatic rings. The molecule has 0 aromatic heterocycles. The maximum Gasteiger partial charge on any atom is 0.211 e. The predicted octanol–water partition coefficient (Wildman–Crippen LogP) is 3.77. The van der Waals surface area contributed by atoms with Crippen LogP contribution in [0.3, 0.4) is 0 Å². The number of hydrogen-bond donors (Lipinski definition) is 1. The van der Waals surface area contributed by atoms with E-state index in [4.69, 9.17) is 1.37 Å². The molecule has 1 N–H and O–H groups in total. The molecule has 1 atom stereocenters. The first-order valence-electron chi connectivity index (χ1n) is 6.69. The van der Waals surface area contributed by atoms with Gasteiger partial charge in [-0.2, -0.15) is 0 Å². The lowest BCUT2D eigenvalue weighted by molar-refractivity contribution is 0.568. The van der Waals surface area contributed by atoms with Crippen LogP contribution in [0.1, 0.15) is 19.9 Å². The second-order valence-corrected chi connectivity index (χ2v) is 14.2. The highest BCUT2D eigenvalue weighted by Crippen LogP contribution is 2.18. The molecule has 6 heteroatoms. The Morgan fingerprint density at radius 1 is 1.32 bits per heavy atom.